The van der Waals surface area contributed by atoms with Gasteiger partial charge in [0.1, 0.15) is 10.6 Å². The molecule has 2 aromatic heterocycles. The maximum Gasteiger partial charge on any atom is 0.199 e. The van der Waals surface area contributed by atoms with E-state index in [4.69, 9.17) is 18.0 Å². The van der Waals surface area contributed by atoms with Crippen LogP contribution in [-0.2, 0) is 12.8 Å². The second-order valence-electron chi connectivity index (χ2n) is 4.20. The normalized spacial score (nSPS) is 16.0. The Labute approximate surface area is 103 Å². The van der Waals surface area contributed by atoms with Crippen molar-refractivity contribution in [3.05, 3.63) is 15.2 Å². The summed E-state index contributed by atoms with van der Waals surface area (Å²) in [7, 11) is 0. The molecule has 2 aromatic rings. The predicted molar refractivity (Wildman–Crippen MR) is 70.5 cm³/mol. The lowest BCUT2D eigenvalue weighted by Gasteiger charge is -2.00. The average Bonchev–Trinajstić information content (AvgIpc) is 2.42. The zero-order valence-corrected chi connectivity index (χ0v) is 10.5. The topological polar surface area (TPSA) is 54.7 Å². The largest absolute Gasteiger partial charge is 0.383 e. The Morgan fingerprint density at radius 2 is 2.06 bits per heavy atom. The highest BCUT2D eigenvalue weighted by molar-refractivity contribution is 7.71. The number of rotatable bonds is 0. The summed E-state index contributed by atoms with van der Waals surface area (Å²) in [6.45, 7) is 0. The van der Waals surface area contributed by atoms with Gasteiger partial charge in [-0.25, -0.2) is 4.98 Å². The quantitative estimate of drug-likeness (QED) is 0.558. The third kappa shape index (κ3) is 1.55. The van der Waals surface area contributed by atoms with E-state index in [0.717, 1.165) is 16.6 Å². The first-order valence-corrected chi connectivity index (χ1v) is 6.78. The summed E-state index contributed by atoms with van der Waals surface area (Å²) in [5.41, 5.74) is 7.40. The second-order valence-corrected chi connectivity index (χ2v) is 5.69. The smallest absolute Gasteiger partial charge is 0.199 e. The number of H-pyrrole nitrogens is 1. The van der Waals surface area contributed by atoms with E-state index in [1.165, 1.54) is 36.1 Å². The fraction of sp³-hybridized carbons (Fsp3) is 0.455. The van der Waals surface area contributed by atoms with E-state index in [2.05, 4.69) is 9.97 Å². The Hall–Kier alpha value is -0.940. The molecule has 84 valence electrons. The summed E-state index contributed by atoms with van der Waals surface area (Å²) in [6.07, 6.45) is 6.17. The molecule has 0 saturated heterocycles. The number of thiophene rings is 1. The summed E-state index contributed by atoms with van der Waals surface area (Å²) in [5, 5.41) is 1.12. The van der Waals surface area contributed by atoms with Crippen LogP contribution in [0.2, 0.25) is 0 Å². The first-order valence-electron chi connectivity index (χ1n) is 5.56. The molecule has 5 heteroatoms. The van der Waals surface area contributed by atoms with Gasteiger partial charge in [0.2, 0.25) is 0 Å². The lowest BCUT2D eigenvalue weighted by molar-refractivity contribution is 0.713. The molecule has 3 nitrogen and oxygen atoms in total. The highest BCUT2D eigenvalue weighted by atomic mass is 32.1. The molecule has 0 radical (unpaired) electrons. The molecule has 0 amide bonds. The average molecular weight is 251 g/mol. The van der Waals surface area contributed by atoms with Crippen molar-refractivity contribution in [2.45, 2.75) is 32.1 Å². The molecule has 1 aliphatic carbocycles. The molecule has 0 atom stereocenters. The molecule has 1 aliphatic rings. The van der Waals surface area contributed by atoms with E-state index in [-0.39, 0.29) is 0 Å². The van der Waals surface area contributed by atoms with E-state index in [0.29, 0.717) is 10.6 Å². The molecule has 0 bridgehead atoms. The van der Waals surface area contributed by atoms with Crippen LogP contribution >= 0.6 is 23.6 Å². The van der Waals surface area contributed by atoms with Crippen molar-refractivity contribution >= 4 is 39.6 Å². The van der Waals surface area contributed by atoms with Crippen molar-refractivity contribution in [1.29, 1.82) is 0 Å². The van der Waals surface area contributed by atoms with E-state index in [1.54, 1.807) is 11.3 Å². The van der Waals surface area contributed by atoms with E-state index in [9.17, 15) is 0 Å². The highest BCUT2D eigenvalue weighted by Gasteiger charge is 2.17. The van der Waals surface area contributed by atoms with Gasteiger partial charge in [-0.3, -0.25) is 0 Å². The summed E-state index contributed by atoms with van der Waals surface area (Å²) >= 11 is 6.85. The van der Waals surface area contributed by atoms with Gasteiger partial charge in [0.05, 0.1) is 5.39 Å². The Balaban J connectivity index is 2.34. The van der Waals surface area contributed by atoms with E-state index in [1.807, 2.05) is 0 Å². The van der Waals surface area contributed by atoms with Crippen LogP contribution in [0.5, 0.6) is 0 Å². The Bertz CT molecular complexity index is 597. The van der Waals surface area contributed by atoms with Crippen LogP contribution in [0.1, 0.15) is 29.7 Å². The molecule has 3 rings (SSSR count). The van der Waals surface area contributed by atoms with Gasteiger partial charge in [0, 0.05) is 4.88 Å². The van der Waals surface area contributed by atoms with Crippen LogP contribution in [0.15, 0.2) is 0 Å². The standard InChI is InChI=1S/C11H13N3S2/c12-9-8-6-4-2-1-3-5-7(6)16-10(8)14-11(15)13-9/h1-5H2,(H3,12,13,14,15). The number of fused-ring (bicyclic) bond motifs is 3. The first kappa shape index (κ1) is 10.2. The van der Waals surface area contributed by atoms with Crippen molar-refractivity contribution in [1.82, 2.24) is 9.97 Å². The molecule has 0 saturated carbocycles. The number of nitrogens with zero attached hydrogens (tertiary/aromatic N) is 1. The van der Waals surface area contributed by atoms with Crippen molar-refractivity contribution in [3.63, 3.8) is 0 Å². The molecule has 0 aromatic carbocycles. The van der Waals surface area contributed by atoms with Crippen LogP contribution in [0, 0.1) is 4.77 Å². The highest BCUT2D eigenvalue weighted by Crippen LogP contribution is 2.36. The SMILES string of the molecule is Nc1nc(=S)[nH]c2sc3c(c12)CCCCC3. The number of aromatic amines is 1. The Kier molecular flexibility index (Phi) is 2.44. The maximum absolute atomic E-state index is 5.99. The lowest BCUT2D eigenvalue weighted by atomic mass is 10.1. The van der Waals surface area contributed by atoms with Gasteiger partial charge in [0.25, 0.3) is 0 Å². The summed E-state index contributed by atoms with van der Waals surface area (Å²) in [4.78, 5) is 9.88. The number of nitrogens with one attached hydrogen (secondary N) is 1. The number of aromatic nitrogens is 2. The Morgan fingerprint density at radius 1 is 1.25 bits per heavy atom. The van der Waals surface area contributed by atoms with E-state index >= 15 is 0 Å². The monoisotopic (exact) mass is 251 g/mol. The van der Waals surface area contributed by atoms with Crippen molar-refractivity contribution in [3.8, 4) is 0 Å². The van der Waals surface area contributed by atoms with Crippen molar-refractivity contribution < 1.29 is 0 Å². The Morgan fingerprint density at radius 3 is 2.94 bits per heavy atom. The fourth-order valence-electron chi connectivity index (χ4n) is 2.39. The number of nitrogen functional groups attached to an aromatic ring is 1. The molecule has 0 unspecified atom stereocenters. The molecule has 0 aliphatic heterocycles. The minimum atomic E-state index is 0.487. The van der Waals surface area contributed by atoms with Crippen molar-refractivity contribution in [2.75, 3.05) is 5.73 Å². The molecule has 0 spiro atoms. The predicted octanol–water partition coefficient (Wildman–Crippen LogP) is 3.20. The number of anilines is 1. The lowest BCUT2D eigenvalue weighted by Crippen LogP contribution is -1.95. The molecule has 0 fully saturated rings. The zero-order chi connectivity index (χ0) is 11.1. The van der Waals surface area contributed by atoms with Crippen LogP contribution in [0.3, 0.4) is 0 Å². The van der Waals surface area contributed by atoms with E-state index < -0.39 is 0 Å². The third-order valence-electron chi connectivity index (χ3n) is 3.12. The number of hydrogen-bond acceptors (Lipinski definition) is 4. The number of aryl methyl sites for hydroxylation is 2. The second kappa shape index (κ2) is 3.82. The molecule has 2 heterocycles. The van der Waals surface area contributed by atoms with Crippen LogP contribution in [0.25, 0.3) is 10.2 Å². The first-order chi connectivity index (χ1) is 7.75. The van der Waals surface area contributed by atoms with Gasteiger partial charge < -0.3 is 10.7 Å². The third-order valence-corrected chi connectivity index (χ3v) is 4.52. The fourth-order valence-corrected chi connectivity index (χ4v) is 3.95. The maximum atomic E-state index is 5.99. The number of nitrogens with two attached hydrogens (primary N) is 1. The van der Waals surface area contributed by atoms with Gasteiger partial charge in [-0.2, -0.15) is 0 Å². The molecular formula is C11H13N3S2. The van der Waals surface area contributed by atoms with Crippen LogP contribution in [0.4, 0.5) is 5.82 Å². The van der Waals surface area contributed by atoms with Gasteiger partial charge in [0.15, 0.2) is 4.77 Å². The molecule has 3 N–H and O–H groups in total. The minimum absolute atomic E-state index is 0.487. The summed E-state index contributed by atoms with van der Waals surface area (Å²) in [5.74, 6) is 0.596. The van der Waals surface area contributed by atoms with Gasteiger partial charge in [-0.15, -0.1) is 11.3 Å². The van der Waals surface area contributed by atoms with Gasteiger partial charge in [-0.05, 0) is 43.5 Å². The minimum Gasteiger partial charge on any atom is -0.383 e. The molecular weight excluding hydrogens is 238 g/mol. The van der Waals surface area contributed by atoms with Crippen molar-refractivity contribution in [2.24, 2.45) is 0 Å². The van der Waals surface area contributed by atoms with Gasteiger partial charge in [-0.1, -0.05) is 6.42 Å². The zero-order valence-electron chi connectivity index (χ0n) is 8.88. The summed E-state index contributed by atoms with van der Waals surface area (Å²) in [6, 6.07) is 0. The molecule has 16 heavy (non-hydrogen) atoms. The number of hydrogen-bond donors (Lipinski definition) is 2. The summed E-state index contributed by atoms with van der Waals surface area (Å²) < 4.78 is 0.487. The van der Waals surface area contributed by atoms with Crippen LogP contribution < -0.4 is 5.73 Å². The van der Waals surface area contributed by atoms with Gasteiger partial charge >= 0.3 is 0 Å². The van der Waals surface area contributed by atoms with Crippen LogP contribution in [-0.4, -0.2) is 9.97 Å².